The first-order chi connectivity index (χ1) is 7.36. The molecule has 0 aromatic heterocycles. The summed E-state index contributed by atoms with van der Waals surface area (Å²) in [6.45, 7) is 3.58. The average Bonchev–Trinajstić information content (AvgIpc) is 2.47. The predicted molar refractivity (Wildman–Crippen MR) is 60.4 cm³/mol. The Labute approximate surface area is 94.6 Å². The molecule has 1 aromatic carbocycles. The van der Waals surface area contributed by atoms with Gasteiger partial charge in [0.15, 0.2) is 0 Å². The summed E-state index contributed by atoms with van der Waals surface area (Å²) in [6, 6.07) is 4.18. The molecule has 3 rings (SSSR count). The first-order valence-corrected chi connectivity index (χ1v) is 5.82. The molecule has 0 aliphatic carbocycles. The van der Waals surface area contributed by atoms with E-state index in [-0.39, 0.29) is 0 Å². The van der Waals surface area contributed by atoms with E-state index < -0.39 is 0 Å². The lowest BCUT2D eigenvalue weighted by Gasteiger charge is -2.27. The summed E-state index contributed by atoms with van der Waals surface area (Å²) in [5.41, 5.74) is 4.13. The SMILES string of the molecule is Clc1ccc2c3c1COCC3CNCC2. The molecule has 0 saturated heterocycles. The molecule has 1 atom stereocenters. The van der Waals surface area contributed by atoms with Crippen molar-refractivity contribution >= 4 is 11.6 Å². The van der Waals surface area contributed by atoms with Crippen molar-refractivity contribution in [3.05, 3.63) is 33.8 Å². The van der Waals surface area contributed by atoms with E-state index in [9.17, 15) is 0 Å². The van der Waals surface area contributed by atoms with Crippen molar-refractivity contribution in [3.63, 3.8) is 0 Å². The van der Waals surface area contributed by atoms with Gasteiger partial charge in [-0.25, -0.2) is 0 Å². The summed E-state index contributed by atoms with van der Waals surface area (Å²) in [4.78, 5) is 0. The van der Waals surface area contributed by atoms with E-state index in [1.165, 1.54) is 16.7 Å². The minimum Gasteiger partial charge on any atom is -0.376 e. The van der Waals surface area contributed by atoms with Gasteiger partial charge >= 0.3 is 0 Å². The van der Waals surface area contributed by atoms with E-state index in [1.54, 1.807) is 0 Å². The molecule has 2 nitrogen and oxygen atoms in total. The molecule has 0 spiro atoms. The molecule has 1 N–H and O–H groups in total. The largest absolute Gasteiger partial charge is 0.376 e. The van der Waals surface area contributed by atoms with Gasteiger partial charge in [-0.2, -0.15) is 0 Å². The first-order valence-electron chi connectivity index (χ1n) is 5.45. The summed E-state index contributed by atoms with van der Waals surface area (Å²) in [5, 5.41) is 4.31. The van der Waals surface area contributed by atoms with Crippen LogP contribution in [0.3, 0.4) is 0 Å². The minimum atomic E-state index is 0.491. The topological polar surface area (TPSA) is 21.3 Å². The average molecular weight is 224 g/mol. The Kier molecular flexibility index (Phi) is 2.43. The maximum atomic E-state index is 6.21. The Morgan fingerprint density at radius 2 is 2.33 bits per heavy atom. The number of rotatable bonds is 0. The molecule has 1 unspecified atom stereocenters. The number of ether oxygens (including phenoxy) is 1. The highest BCUT2D eigenvalue weighted by molar-refractivity contribution is 6.31. The van der Waals surface area contributed by atoms with Crippen LogP contribution in [0.4, 0.5) is 0 Å². The van der Waals surface area contributed by atoms with Gasteiger partial charge in [0.2, 0.25) is 0 Å². The second-order valence-electron chi connectivity index (χ2n) is 4.26. The maximum absolute atomic E-state index is 6.21. The zero-order valence-corrected chi connectivity index (χ0v) is 9.31. The highest BCUT2D eigenvalue weighted by Gasteiger charge is 2.26. The van der Waals surface area contributed by atoms with E-state index >= 15 is 0 Å². The molecule has 2 heterocycles. The second-order valence-corrected chi connectivity index (χ2v) is 4.67. The van der Waals surface area contributed by atoms with E-state index in [1.807, 2.05) is 6.07 Å². The Hall–Kier alpha value is -0.570. The fraction of sp³-hybridized carbons (Fsp3) is 0.500. The monoisotopic (exact) mass is 223 g/mol. The van der Waals surface area contributed by atoms with Crippen molar-refractivity contribution in [2.24, 2.45) is 0 Å². The van der Waals surface area contributed by atoms with Gasteiger partial charge in [0.25, 0.3) is 0 Å². The van der Waals surface area contributed by atoms with Gasteiger partial charge in [-0.3, -0.25) is 0 Å². The van der Waals surface area contributed by atoms with Crippen molar-refractivity contribution in [2.45, 2.75) is 18.9 Å². The second kappa shape index (κ2) is 3.78. The van der Waals surface area contributed by atoms with Crippen LogP contribution in [0.25, 0.3) is 0 Å². The van der Waals surface area contributed by atoms with Gasteiger partial charge in [0.05, 0.1) is 13.2 Å². The zero-order chi connectivity index (χ0) is 10.3. The van der Waals surface area contributed by atoms with Crippen LogP contribution in [0, 0.1) is 0 Å². The Morgan fingerprint density at radius 3 is 3.27 bits per heavy atom. The quantitative estimate of drug-likeness (QED) is 0.728. The van der Waals surface area contributed by atoms with E-state index in [4.69, 9.17) is 16.3 Å². The summed E-state index contributed by atoms with van der Waals surface area (Å²) in [7, 11) is 0. The molecule has 3 heteroatoms. The maximum Gasteiger partial charge on any atom is 0.0734 e. The van der Waals surface area contributed by atoms with Crippen LogP contribution < -0.4 is 5.32 Å². The smallest absolute Gasteiger partial charge is 0.0734 e. The van der Waals surface area contributed by atoms with Crippen LogP contribution in [0.2, 0.25) is 5.02 Å². The van der Waals surface area contributed by atoms with Crippen molar-refractivity contribution < 1.29 is 4.74 Å². The molecule has 2 aliphatic heterocycles. The Bertz CT molecular complexity index is 391. The highest BCUT2D eigenvalue weighted by atomic mass is 35.5. The lowest BCUT2D eigenvalue weighted by Crippen LogP contribution is -2.26. The number of hydrogen-bond donors (Lipinski definition) is 1. The fourth-order valence-electron chi connectivity index (χ4n) is 2.61. The predicted octanol–water partition coefficient (Wildman–Crippen LogP) is 2.10. The van der Waals surface area contributed by atoms with Gasteiger partial charge in [-0.15, -0.1) is 0 Å². The minimum absolute atomic E-state index is 0.491. The number of halogens is 1. The number of benzene rings is 1. The normalized spacial score (nSPS) is 24.5. The molecule has 15 heavy (non-hydrogen) atoms. The molecule has 0 saturated carbocycles. The van der Waals surface area contributed by atoms with Crippen molar-refractivity contribution in [2.75, 3.05) is 19.7 Å². The lowest BCUT2D eigenvalue weighted by atomic mass is 9.88. The third-order valence-electron chi connectivity index (χ3n) is 3.33. The Morgan fingerprint density at radius 1 is 1.40 bits per heavy atom. The highest BCUT2D eigenvalue weighted by Crippen LogP contribution is 2.35. The van der Waals surface area contributed by atoms with E-state index in [0.717, 1.165) is 31.1 Å². The number of hydrogen-bond acceptors (Lipinski definition) is 2. The summed E-state index contributed by atoms with van der Waals surface area (Å²) in [6.07, 6.45) is 1.11. The molecule has 0 bridgehead atoms. The van der Waals surface area contributed by atoms with Crippen LogP contribution in [0.15, 0.2) is 12.1 Å². The standard InChI is InChI=1S/C12H14ClNO/c13-11-2-1-8-3-4-14-5-9-6-15-7-10(11)12(8)9/h1-2,9,14H,3-7H2. The van der Waals surface area contributed by atoms with Crippen molar-refractivity contribution in [1.82, 2.24) is 5.32 Å². The van der Waals surface area contributed by atoms with Gasteiger partial charge in [0.1, 0.15) is 0 Å². The van der Waals surface area contributed by atoms with Crippen molar-refractivity contribution in [3.8, 4) is 0 Å². The molecule has 0 radical (unpaired) electrons. The number of nitrogens with one attached hydrogen (secondary N) is 1. The van der Waals surface area contributed by atoms with Gasteiger partial charge in [-0.1, -0.05) is 17.7 Å². The first kappa shape index (κ1) is 9.64. The molecular formula is C12H14ClNO. The van der Waals surface area contributed by atoms with Gasteiger partial charge in [-0.05, 0) is 30.2 Å². The molecule has 0 amide bonds. The van der Waals surface area contributed by atoms with Crippen LogP contribution in [-0.2, 0) is 17.8 Å². The van der Waals surface area contributed by atoms with Gasteiger partial charge < -0.3 is 10.1 Å². The summed E-state index contributed by atoms with van der Waals surface area (Å²) < 4.78 is 5.60. The van der Waals surface area contributed by atoms with Crippen LogP contribution in [0.5, 0.6) is 0 Å². The third kappa shape index (κ3) is 1.57. The van der Waals surface area contributed by atoms with Crippen molar-refractivity contribution in [1.29, 1.82) is 0 Å². The summed E-state index contributed by atoms with van der Waals surface area (Å²) in [5.74, 6) is 0.491. The Balaban J connectivity index is 2.18. The van der Waals surface area contributed by atoms with Crippen LogP contribution in [0.1, 0.15) is 22.6 Å². The van der Waals surface area contributed by atoms with Crippen LogP contribution in [-0.4, -0.2) is 19.7 Å². The van der Waals surface area contributed by atoms with Crippen LogP contribution >= 0.6 is 11.6 Å². The third-order valence-corrected chi connectivity index (χ3v) is 3.68. The lowest BCUT2D eigenvalue weighted by molar-refractivity contribution is 0.0914. The molecule has 0 fully saturated rings. The fourth-order valence-corrected chi connectivity index (χ4v) is 2.83. The molecule has 1 aromatic rings. The molecule has 80 valence electrons. The molecular weight excluding hydrogens is 210 g/mol. The van der Waals surface area contributed by atoms with E-state index in [0.29, 0.717) is 12.5 Å². The molecule has 2 aliphatic rings. The summed E-state index contributed by atoms with van der Waals surface area (Å²) >= 11 is 6.21. The van der Waals surface area contributed by atoms with Gasteiger partial charge in [0, 0.05) is 23.0 Å². The zero-order valence-electron chi connectivity index (χ0n) is 8.55. The van der Waals surface area contributed by atoms with E-state index in [2.05, 4.69) is 11.4 Å².